The molecule has 1 aliphatic rings. The minimum Gasteiger partial charge on any atom is -0.495 e. The summed E-state index contributed by atoms with van der Waals surface area (Å²) < 4.78 is 25.2. The van der Waals surface area contributed by atoms with Crippen molar-refractivity contribution in [2.24, 2.45) is 0 Å². The van der Waals surface area contributed by atoms with E-state index in [9.17, 15) is 19.2 Å². The summed E-state index contributed by atoms with van der Waals surface area (Å²) >= 11 is 0. The molecule has 0 aromatic heterocycles. The molecular formula is C72H52N4O8. The van der Waals surface area contributed by atoms with Crippen LogP contribution in [0.2, 0.25) is 0 Å². The molecule has 0 unspecified atom stereocenters. The van der Waals surface area contributed by atoms with Crippen LogP contribution >= 0.6 is 0 Å². The molecule has 12 aromatic carbocycles. The van der Waals surface area contributed by atoms with Gasteiger partial charge in [-0.15, -0.1) is 0 Å². The molecular weight excluding hydrogens is 1050 g/mol. The van der Waals surface area contributed by atoms with Gasteiger partial charge in [-0.1, -0.05) is 146 Å². The van der Waals surface area contributed by atoms with Gasteiger partial charge in [0.1, 0.15) is 23.0 Å². The number of methoxy groups -OCH3 is 4. The number of amides is 4. The number of fused-ring (bicyclic) bond motifs is 28. The molecule has 1 aliphatic heterocycles. The fourth-order valence-electron chi connectivity index (χ4n) is 11.7. The summed E-state index contributed by atoms with van der Waals surface area (Å²) in [5.74, 6) is -0.634. The molecule has 16 bridgehead atoms. The number of carbonyl (C=O) groups excluding carboxylic acids is 4. The van der Waals surface area contributed by atoms with Gasteiger partial charge in [0, 0.05) is 45.0 Å². The summed E-state index contributed by atoms with van der Waals surface area (Å²) in [5, 5.41) is 18.7. The summed E-state index contributed by atoms with van der Waals surface area (Å²) in [7, 11) is 6.11. The maximum absolute atomic E-state index is 14.9. The van der Waals surface area contributed by atoms with Crippen molar-refractivity contribution in [3.05, 3.63) is 241 Å². The Labute approximate surface area is 483 Å². The summed E-state index contributed by atoms with van der Waals surface area (Å²) in [5.41, 5.74) is 8.33. The van der Waals surface area contributed by atoms with Gasteiger partial charge >= 0.3 is 0 Å². The summed E-state index contributed by atoms with van der Waals surface area (Å²) in [6.07, 6.45) is 0. The molecule has 0 spiro atoms. The van der Waals surface area contributed by atoms with Crippen LogP contribution in [0.3, 0.4) is 0 Å². The lowest BCUT2D eigenvalue weighted by Crippen LogP contribution is -2.15. The summed E-state index contributed by atoms with van der Waals surface area (Å²) in [6.45, 7) is 0. The first kappa shape index (κ1) is 52.2. The van der Waals surface area contributed by atoms with E-state index in [-0.39, 0.29) is 45.3 Å². The first-order valence-electron chi connectivity index (χ1n) is 27.2. The molecule has 4 N–H and O–H groups in total. The molecule has 0 atom stereocenters. The predicted octanol–water partition coefficient (Wildman–Crippen LogP) is 16.3. The largest absolute Gasteiger partial charge is 0.495 e. The van der Waals surface area contributed by atoms with Crippen molar-refractivity contribution in [2.45, 2.75) is 0 Å². The second-order valence-corrected chi connectivity index (χ2v) is 20.4. The fourth-order valence-corrected chi connectivity index (χ4v) is 11.7. The van der Waals surface area contributed by atoms with Gasteiger partial charge in [-0.05, 0) is 138 Å². The van der Waals surface area contributed by atoms with Crippen molar-refractivity contribution >= 4 is 89.5 Å². The molecule has 13 rings (SSSR count). The third-order valence-corrected chi connectivity index (χ3v) is 15.5. The molecule has 0 saturated carbocycles. The highest BCUT2D eigenvalue weighted by molar-refractivity contribution is 6.22. The van der Waals surface area contributed by atoms with E-state index in [2.05, 4.69) is 21.3 Å². The average Bonchev–Trinajstić information content (AvgIpc) is 1.32. The first-order chi connectivity index (χ1) is 41.1. The topological polar surface area (TPSA) is 153 Å². The molecule has 0 aliphatic carbocycles. The number of nitrogens with one attached hydrogen (secondary N) is 4. The Morgan fingerprint density at radius 2 is 0.464 bits per heavy atom. The molecule has 408 valence electrons. The molecule has 12 aromatic rings. The van der Waals surface area contributed by atoms with Crippen LogP contribution in [0.1, 0.15) is 41.4 Å². The lowest BCUT2D eigenvalue weighted by atomic mass is 9.88. The number of rotatable bonds is 4. The Hall–Kier alpha value is -11.2. The van der Waals surface area contributed by atoms with E-state index in [1.54, 1.807) is 24.3 Å². The van der Waals surface area contributed by atoms with E-state index in [0.717, 1.165) is 65.3 Å². The number of benzene rings is 12. The van der Waals surface area contributed by atoms with E-state index in [1.165, 1.54) is 28.4 Å². The van der Waals surface area contributed by atoms with Gasteiger partial charge < -0.3 is 40.2 Å². The van der Waals surface area contributed by atoms with E-state index >= 15 is 0 Å². The minimum absolute atomic E-state index is 0.250. The van der Waals surface area contributed by atoms with Crippen molar-refractivity contribution in [3.63, 3.8) is 0 Å². The monoisotopic (exact) mass is 1100 g/mol. The summed E-state index contributed by atoms with van der Waals surface area (Å²) in [4.78, 5) is 59.8. The third kappa shape index (κ3) is 9.27. The number of ether oxygens (including phenoxy) is 4. The Kier molecular flexibility index (Phi) is 13.5. The van der Waals surface area contributed by atoms with Gasteiger partial charge in [-0.3, -0.25) is 19.2 Å². The van der Waals surface area contributed by atoms with Crippen molar-refractivity contribution in [1.82, 2.24) is 0 Å². The second kappa shape index (κ2) is 21.7. The number of hydrogen-bond acceptors (Lipinski definition) is 8. The van der Waals surface area contributed by atoms with Crippen LogP contribution in [0.5, 0.6) is 23.0 Å². The maximum atomic E-state index is 14.9. The van der Waals surface area contributed by atoms with Gasteiger partial charge in [0.15, 0.2) is 0 Å². The van der Waals surface area contributed by atoms with Crippen LogP contribution in [0.25, 0.3) is 87.6 Å². The normalized spacial score (nSPS) is 12.5. The highest BCUT2D eigenvalue weighted by Gasteiger charge is 2.30. The molecule has 0 saturated heterocycles. The maximum Gasteiger partial charge on any atom is 0.259 e. The zero-order valence-electron chi connectivity index (χ0n) is 46.1. The van der Waals surface area contributed by atoms with Gasteiger partial charge in [0.25, 0.3) is 23.6 Å². The highest BCUT2D eigenvalue weighted by Crippen LogP contribution is 2.51. The lowest BCUT2D eigenvalue weighted by Gasteiger charge is -2.22. The lowest BCUT2D eigenvalue weighted by molar-refractivity contribution is 0.101. The molecule has 0 fully saturated rings. The van der Waals surface area contributed by atoms with Crippen LogP contribution in [0.4, 0.5) is 22.7 Å². The zero-order chi connectivity index (χ0) is 57.6. The average molecular weight is 1100 g/mol. The molecule has 0 radical (unpaired) electrons. The van der Waals surface area contributed by atoms with Crippen molar-refractivity contribution in [2.75, 3.05) is 49.7 Å². The Balaban J connectivity index is 1.00. The van der Waals surface area contributed by atoms with Gasteiger partial charge in [-0.2, -0.15) is 0 Å². The van der Waals surface area contributed by atoms with E-state index in [4.69, 9.17) is 18.9 Å². The molecule has 4 amide bonds. The number of hydrogen-bond donors (Lipinski definition) is 4. The Morgan fingerprint density at radius 1 is 0.250 bits per heavy atom. The van der Waals surface area contributed by atoms with E-state index in [1.807, 2.05) is 194 Å². The summed E-state index contributed by atoms with van der Waals surface area (Å²) in [6, 6.07) is 67.9. The van der Waals surface area contributed by atoms with Crippen LogP contribution in [-0.4, -0.2) is 52.1 Å². The quantitative estimate of drug-likeness (QED) is 0.136. The molecule has 84 heavy (non-hydrogen) atoms. The molecule has 1 heterocycles. The Morgan fingerprint density at radius 3 is 0.679 bits per heavy atom. The zero-order valence-corrected chi connectivity index (χ0v) is 46.1. The van der Waals surface area contributed by atoms with Crippen LogP contribution in [0.15, 0.2) is 218 Å². The third-order valence-electron chi connectivity index (χ3n) is 15.5. The SMILES string of the molecule is COc1c2cc3ccccc3c1-c1c(OC)c(cc3ccccc13)C(=O)Nc1cccc(c1)-c1cccc(c1)NC(=O)c1cc3ccccc3c(c1OC)-c1c(OC)c(cc3ccccc13)C(=O)Nc1cccc(c1)-c1cccc(c1)NC2=O. The fraction of sp³-hybridized carbons (Fsp3) is 0.0556. The van der Waals surface area contributed by atoms with Crippen molar-refractivity contribution in [1.29, 1.82) is 0 Å². The molecule has 12 nitrogen and oxygen atoms in total. The minimum atomic E-state index is -0.436. The highest BCUT2D eigenvalue weighted by atomic mass is 16.5. The van der Waals surface area contributed by atoms with E-state index < -0.39 is 23.6 Å². The smallest absolute Gasteiger partial charge is 0.259 e. The van der Waals surface area contributed by atoms with Crippen LogP contribution in [0, 0.1) is 0 Å². The number of anilines is 4. The van der Waals surface area contributed by atoms with E-state index in [0.29, 0.717) is 45.0 Å². The second-order valence-electron chi connectivity index (χ2n) is 20.4. The molecule has 12 heteroatoms. The van der Waals surface area contributed by atoms with Gasteiger partial charge in [-0.25, -0.2) is 0 Å². The van der Waals surface area contributed by atoms with Gasteiger partial charge in [0.05, 0.1) is 50.7 Å². The number of carbonyl (C=O) groups is 4. The predicted molar refractivity (Wildman–Crippen MR) is 336 cm³/mol. The Bertz CT molecular complexity index is 4130. The standard InChI is InChI=1S/C72H52N4O8/c1-81-65-57-37-45-17-5-9-29-53(45)61(65)62-54-30-10-6-18-46(54)38-58(66(62)82-2)70(78)74-50-26-15-23-43(35-50)44-24-16-28-52(36-44)76-72(80)60-40-48-20-8-12-32-56(48)64(68(60)84-4)63-55-31-11-7-19-47(55)39-59(67(63)83-3)71(79)75-51-27-14-22-42(34-51)41-21-13-25-49(33-41)73-69(57)77/h5-40H,1-4H3,(H,73,77)(H,74,78)(H,75,79)(H,76,80). The first-order valence-corrected chi connectivity index (χ1v) is 27.2. The van der Waals surface area contributed by atoms with Crippen molar-refractivity contribution in [3.8, 4) is 67.5 Å². The van der Waals surface area contributed by atoms with Gasteiger partial charge in [0.2, 0.25) is 0 Å². The van der Waals surface area contributed by atoms with Crippen LogP contribution in [-0.2, 0) is 0 Å². The van der Waals surface area contributed by atoms with Crippen LogP contribution < -0.4 is 40.2 Å². The van der Waals surface area contributed by atoms with Crippen molar-refractivity contribution < 1.29 is 38.1 Å².